The van der Waals surface area contributed by atoms with Gasteiger partial charge in [0.1, 0.15) is 11.4 Å². The average Bonchev–Trinajstić information content (AvgIpc) is 2.74. The fourth-order valence-electron chi connectivity index (χ4n) is 1.92. The fraction of sp³-hybridized carbons (Fsp3) is 0.818. The Kier molecular flexibility index (Phi) is 4.47. The summed E-state index contributed by atoms with van der Waals surface area (Å²) in [7, 11) is 0. The highest BCUT2D eigenvalue weighted by Gasteiger charge is 2.14. The molecule has 1 aromatic rings. The fourth-order valence-corrected chi connectivity index (χ4v) is 1.92. The first kappa shape index (κ1) is 12.5. The Morgan fingerprint density at radius 3 is 2.76 bits per heavy atom. The second-order valence-corrected chi connectivity index (χ2v) is 4.49. The molecule has 1 unspecified atom stereocenters. The third-order valence-electron chi connectivity index (χ3n) is 3.00. The minimum Gasteiger partial charge on any atom is -0.379 e. The first-order chi connectivity index (χ1) is 8.25. The van der Waals surface area contributed by atoms with Crippen LogP contribution in [0.3, 0.4) is 0 Å². The first-order valence-electron chi connectivity index (χ1n) is 6.07. The van der Waals surface area contributed by atoms with Gasteiger partial charge in [-0.15, -0.1) is 0 Å². The molecule has 0 spiro atoms. The van der Waals surface area contributed by atoms with Gasteiger partial charge in [-0.3, -0.25) is 4.90 Å². The molecule has 6 nitrogen and oxygen atoms in total. The predicted molar refractivity (Wildman–Crippen MR) is 62.6 cm³/mol. The summed E-state index contributed by atoms with van der Waals surface area (Å²) in [6, 6.07) is 0.421. The average molecular weight is 240 g/mol. The highest BCUT2D eigenvalue weighted by atomic mass is 16.6. The summed E-state index contributed by atoms with van der Waals surface area (Å²) in [5.74, 6) is 0. The predicted octanol–water partition coefficient (Wildman–Crippen LogP) is 0.188. The van der Waals surface area contributed by atoms with Gasteiger partial charge in [0.15, 0.2) is 0 Å². The first-order valence-corrected chi connectivity index (χ1v) is 6.07. The van der Waals surface area contributed by atoms with Crippen molar-refractivity contribution in [3.8, 4) is 0 Å². The highest BCUT2D eigenvalue weighted by Crippen LogP contribution is 2.02. The largest absolute Gasteiger partial charge is 0.379 e. The second-order valence-electron chi connectivity index (χ2n) is 4.49. The van der Waals surface area contributed by atoms with Crippen LogP contribution in [0.4, 0.5) is 0 Å². The van der Waals surface area contributed by atoms with E-state index in [1.165, 1.54) is 0 Å². The van der Waals surface area contributed by atoms with Gasteiger partial charge in [0.25, 0.3) is 0 Å². The van der Waals surface area contributed by atoms with E-state index in [4.69, 9.17) is 4.74 Å². The molecule has 1 atom stereocenters. The van der Waals surface area contributed by atoms with Gasteiger partial charge in [0.05, 0.1) is 13.2 Å². The van der Waals surface area contributed by atoms with Crippen LogP contribution in [0.2, 0.25) is 0 Å². The molecule has 1 saturated heterocycles. The number of hydrogen-bond donors (Lipinski definition) is 1. The van der Waals surface area contributed by atoms with E-state index in [1.54, 1.807) is 0 Å². The summed E-state index contributed by atoms with van der Waals surface area (Å²) in [6.07, 6.45) is 0. The quantitative estimate of drug-likeness (QED) is 0.792. The van der Waals surface area contributed by atoms with Gasteiger partial charge in [-0.25, -0.2) is 4.63 Å². The molecule has 1 aromatic heterocycles. The SMILES string of the molecule is Cc1nonc1CNC(C)CN1CCOCC1. The summed E-state index contributed by atoms with van der Waals surface area (Å²) >= 11 is 0. The highest BCUT2D eigenvalue weighted by molar-refractivity contribution is 5.03. The maximum Gasteiger partial charge on any atom is 0.121 e. The van der Waals surface area contributed by atoms with E-state index in [1.807, 2.05) is 6.92 Å². The molecule has 0 aliphatic carbocycles. The van der Waals surface area contributed by atoms with Gasteiger partial charge in [0, 0.05) is 32.2 Å². The maximum atomic E-state index is 5.32. The molecule has 0 bridgehead atoms. The molecule has 0 aromatic carbocycles. The van der Waals surface area contributed by atoms with Gasteiger partial charge in [0.2, 0.25) is 0 Å². The number of aromatic nitrogens is 2. The number of aryl methyl sites for hydroxylation is 1. The van der Waals surface area contributed by atoms with Crippen LogP contribution in [0.15, 0.2) is 4.63 Å². The molecule has 96 valence electrons. The zero-order chi connectivity index (χ0) is 12.1. The molecule has 17 heavy (non-hydrogen) atoms. The number of nitrogens with zero attached hydrogens (tertiary/aromatic N) is 3. The lowest BCUT2D eigenvalue weighted by atomic mass is 10.2. The Hall–Kier alpha value is -0.980. The molecular weight excluding hydrogens is 220 g/mol. The van der Waals surface area contributed by atoms with E-state index >= 15 is 0 Å². The van der Waals surface area contributed by atoms with Gasteiger partial charge < -0.3 is 10.1 Å². The van der Waals surface area contributed by atoms with Crippen molar-refractivity contribution in [2.45, 2.75) is 26.4 Å². The molecule has 1 aliphatic rings. The molecule has 0 radical (unpaired) electrons. The number of rotatable bonds is 5. The molecule has 1 N–H and O–H groups in total. The lowest BCUT2D eigenvalue weighted by Crippen LogP contribution is -2.44. The second kappa shape index (κ2) is 6.09. The Labute approximate surface area is 101 Å². The minimum absolute atomic E-state index is 0.421. The van der Waals surface area contributed by atoms with Crippen LogP contribution in [-0.2, 0) is 11.3 Å². The lowest BCUT2D eigenvalue weighted by Gasteiger charge is -2.29. The van der Waals surface area contributed by atoms with Crippen molar-refractivity contribution in [1.29, 1.82) is 0 Å². The number of ether oxygens (including phenoxy) is 1. The topological polar surface area (TPSA) is 63.4 Å². The van der Waals surface area contributed by atoms with Gasteiger partial charge >= 0.3 is 0 Å². The van der Waals surface area contributed by atoms with E-state index in [0.717, 1.165) is 44.2 Å². The molecule has 2 rings (SSSR count). The van der Waals surface area contributed by atoms with Crippen LogP contribution in [0.5, 0.6) is 0 Å². The van der Waals surface area contributed by atoms with Crippen molar-refractivity contribution < 1.29 is 9.37 Å². The molecule has 0 amide bonds. The van der Waals surface area contributed by atoms with E-state index < -0.39 is 0 Å². The Morgan fingerprint density at radius 1 is 1.35 bits per heavy atom. The Morgan fingerprint density at radius 2 is 2.12 bits per heavy atom. The third kappa shape index (κ3) is 3.76. The minimum atomic E-state index is 0.421. The monoisotopic (exact) mass is 240 g/mol. The van der Waals surface area contributed by atoms with E-state index in [-0.39, 0.29) is 0 Å². The van der Waals surface area contributed by atoms with E-state index in [2.05, 4.69) is 32.1 Å². The Balaban J connectivity index is 1.70. The molecular formula is C11H20N4O2. The van der Waals surface area contributed by atoms with Crippen LogP contribution in [-0.4, -0.2) is 54.1 Å². The van der Waals surface area contributed by atoms with Crippen LogP contribution in [0.1, 0.15) is 18.3 Å². The third-order valence-corrected chi connectivity index (χ3v) is 3.00. The summed E-state index contributed by atoms with van der Waals surface area (Å²) in [4.78, 5) is 2.41. The van der Waals surface area contributed by atoms with Gasteiger partial charge in [-0.05, 0) is 13.8 Å². The number of morpholine rings is 1. The summed E-state index contributed by atoms with van der Waals surface area (Å²) in [5, 5.41) is 11.0. The molecule has 1 aliphatic heterocycles. The summed E-state index contributed by atoms with van der Waals surface area (Å²) in [5.41, 5.74) is 1.75. The van der Waals surface area contributed by atoms with Crippen molar-refractivity contribution in [3.05, 3.63) is 11.4 Å². The van der Waals surface area contributed by atoms with Crippen molar-refractivity contribution in [3.63, 3.8) is 0 Å². The standard InChI is InChI=1S/C11H20N4O2/c1-9(8-15-3-5-16-6-4-15)12-7-11-10(2)13-17-14-11/h9,12H,3-8H2,1-2H3. The van der Waals surface area contributed by atoms with Crippen molar-refractivity contribution in [2.24, 2.45) is 0 Å². The van der Waals surface area contributed by atoms with E-state index in [9.17, 15) is 0 Å². The summed E-state index contributed by atoms with van der Waals surface area (Å²) in [6.45, 7) is 9.57. The smallest absolute Gasteiger partial charge is 0.121 e. The lowest BCUT2D eigenvalue weighted by molar-refractivity contribution is 0.0343. The van der Waals surface area contributed by atoms with Gasteiger partial charge in [-0.2, -0.15) is 0 Å². The molecule has 6 heteroatoms. The molecule has 0 saturated carbocycles. The van der Waals surface area contributed by atoms with Crippen molar-refractivity contribution in [1.82, 2.24) is 20.5 Å². The van der Waals surface area contributed by atoms with Crippen molar-refractivity contribution >= 4 is 0 Å². The van der Waals surface area contributed by atoms with Crippen molar-refractivity contribution in [2.75, 3.05) is 32.8 Å². The number of hydrogen-bond acceptors (Lipinski definition) is 6. The zero-order valence-electron chi connectivity index (χ0n) is 10.5. The van der Waals surface area contributed by atoms with Crippen LogP contribution < -0.4 is 5.32 Å². The van der Waals surface area contributed by atoms with Crippen LogP contribution in [0.25, 0.3) is 0 Å². The van der Waals surface area contributed by atoms with E-state index in [0.29, 0.717) is 12.6 Å². The maximum absolute atomic E-state index is 5.32. The van der Waals surface area contributed by atoms with Gasteiger partial charge in [-0.1, -0.05) is 10.3 Å². The Bertz CT molecular complexity index is 336. The molecule has 1 fully saturated rings. The zero-order valence-corrected chi connectivity index (χ0v) is 10.5. The normalized spacial score (nSPS) is 19.4. The number of nitrogens with one attached hydrogen (secondary N) is 1. The van der Waals surface area contributed by atoms with Crippen LogP contribution >= 0.6 is 0 Å². The summed E-state index contributed by atoms with van der Waals surface area (Å²) < 4.78 is 9.98. The van der Waals surface area contributed by atoms with Crippen LogP contribution in [0, 0.1) is 6.92 Å². The molecule has 2 heterocycles.